The first kappa shape index (κ1) is 22.3. The summed E-state index contributed by atoms with van der Waals surface area (Å²) in [5, 5.41) is 9.33. The lowest BCUT2D eigenvalue weighted by molar-refractivity contribution is 0.100. The maximum absolute atomic E-state index is 11.7. The number of aromatic nitrogens is 2. The monoisotopic (exact) mass is 453 g/mol. The van der Waals surface area contributed by atoms with Crippen molar-refractivity contribution in [3.8, 4) is 5.69 Å². The van der Waals surface area contributed by atoms with Gasteiger partial charge in [-0.05, 0) is 61.7 Å². The molecular weight excluding hydrogens is 422 g/mol. The minimum atomic E-state index is -0.461. The number of carbonyl (C=O) groups is 1. The van der Waals surface area contributed by atoms with Crippen LogP contribution in [-0.4, -0.2) is 46.8 Å². The number of amides is 1. The van der Waals surface area contributed by atoms with Gasteiger partial charge in [0.2, 0.25) is 0 Å². The number of hydrogen-bond acceptors (Lipinski definition) is 4. The molecule has 6 heteroatoms. The van der Waals surface area contributed by atoms with Gasteiger partial charge in [0.25, 0.3) is 5.91 Å². The number of nitrogens with zero attached hydrogens (tertiary/aromatic N) is 3. The first-order valence-corrected chi connectivity index (χ1v) is 11.9. The third-order valence-corrected chi connectivity index (χ3v) is 6.85. The Kier molecular flexibility index (Phi) is 6.43. The molecule has 0 saturated carbocycles. The summed E-state index contributed by atoms with van der Waals surface area (Å²) in [6.07, 6.45) is 4.19. The Morgan fingerprint density at radius 1 is 1.03 bits per heavy atom. The van der Waals surface area contributed by atoms with Crippen LogP contribution in [0, 0.1) is 5.92 Å². The zero-order chi connectivity index (χ0) is 23.5. The Morgan fingerprint density at radius 2 is 1.82 bits per heavy atom. The smallest absolute Gasteiger partial charge is 0.250 e. The van der Waals surface area contributed by atoms with Gasteiger partial charge in [-0.15, -0.1) is 0 Å². The van der Waals surface area contributed by atoms with Crippen molar-refractivity contribution in [3.05, 3.63) is 95.7 Å². The van der Waals surface area contributed by atoms with Gasteiger partial charge in [0.15, 0.2) is 0 Å². The van der Waals surface area contributed by atoms with Crippen molar-refractivity contribution < 1.29 is 4.79 Å². The molecule has 1 aromatic heterocycles. The zero-order valence-corrected chi connectivity index (χ0v) is 19.5. The van der Waals surface area contributed by atoms with Crippen molar-refractivity contribution in [2.45, 2.75) is 25.4 Å². The summed E-state index contributed by atoms with van der Waals surface area (Å²) in [5.41, 5.74) is 10.2. The summed E-state index contributed by atoms with van der Waals surface area (Å²) in [7, 11) is 2.22. The summed E-state index contributed by atoms with van der Waals surface area (Å²) >= 11 is 0. The molecule has 2 atom stereocenters. The van der Waals surface area contributed by atoms with Gasteiger partial charge < -0.3 is 16.0 Å². The largest absolute Gasteiger partial charge is 0.366 e. The highest BCUT2D eigenvalue weighted by molar-refractivity contribution is 6.04. The highest BCUT2D eigenvalue weighted by atomic mass is 16.1. The van der Waals surface area contributed by atoms with E-state index in [-0.39, 0.29) is 0 Å². The molecule has 3 aromatic carbocycles. The van der Waals surface area contributed by atoms with Crippen molar-refractivity contribution in [3.63, 3.8) is 0 Å². The molecule has 1 saturated heterocycles. The van der Waals surface area contributed by atoms with Crippen LogP contribution < -0.4 is 11.1 Å². The third kappa shape index (κ3) is 4.88. The molecule has 2 heterocycles. The van der Waals surface area contributed by atoms with Gasteiger partial charge in [-0.25, -0.2) is 4.68 Å². The molecule has 2 unspecified atom stereocenters. The van der Waals surface area contributed by atoms with Crippen LogP contribution in [0.4, 0.5) is 0 Å². The molecule has 1 fully saturated rings. The van der Waals surface area contributed by atoms with Crippen LogP contribution in [0.25, 0.3) is 16.6 Å². The van der Waals surface area contributed by atoms with Crippen LogP contribution in [0.1, 0.15) is 27.9 Å². The van der Waals surface area contributed by atoms with Crippen molar-refractivity contribution in [1.29, 1.82) is 0 Å². The first-order chi connectivity index (χ1) is 16.6. The Hall–Kier alpha value is -3.48. The molecule has 6 nitrogen and oxygen atoms in total. The number of nitrogens with one attached hydrogen (secondary N) is 1. The van der Waals surface area contributed by atoms with E-state index in [0.717, 1.165) is 43.5 Å². The molecule has 0 spiro atoms. The van der Waals surface area contributed by atoms with Crippen LogP contribution in [0.2, 0.25) is 0 Å². The fourth-order valence-corrected chi connectivity index (χ4v) is 5.00. The predicted molar refractivity (Wildman–Crippen MR) is 136 cm³/mol. The zero-order valence-electron chi connectivity index (χ0n) is 19.5. The minimum absolute atomic E-state index is 0.445. The molecule has 1 aliphatic rings. The van der Waals surface area contributed by atoms with Gasteiger partial charge in [-0.3, -0.25) is 4.79 Å². The SMILES string of the molecule is CN1CCC(NCc2ccc(-n3cc4cccc(C(N)=O)c4n3)cc2)C(Cc2ccccc2)C1. The fraction of sp³-hybridized carbons (Fsp3) is 0.286. The van der Waals surface area contributed by atoms with Crippen molar-refractivity contribution in [2.24, 2.45) is 11.7 Å². The second-order valence-electron chi connectivity index (χ2n) is 9.34. The van der Waals surface area contributed by atoms with Gasteiger partial charge >= 0.3 is 0 Å². The maximum Gasteiger partial charge on any atom is 0.250 e. The van der Waals surface area contributed by atoms with Crippen molar-refractivity contribution >= 4 is 16.8 Å². The summed E-state index contributed by atoms with van der Waals surface area (Å²) in [5.74, 6) is 0.133. The number of rotatable bonds is 7. The average Bonchev–Trinajstić information content (AvgIpc) is 3.29. The Balaban J connectivity index is 1.26. The van der Waals surface area contributed by atoms with Crippen molar-refractivity contribution in [2.75, 3.05) is 20.1 Å². The number of piperidine rings is 1. The van der Waals surface area contributed by atoms with E-state index in [0.29, 0.717) is 23.0 Å². The standard InChI is InChI=1S/C28H31N5O/c1-32-15-14-26(23(18-32)16-20-6-3-2-4-7-20)30-17-21-10-12-24(13-11-21)33-19-22-8-5-9-25(28(29)34)27(22)31-33/h2-13,19,23,26,30H,14-18H2,1H3,(H2,29,34). The number of primary amides is 1. The Bertz CT molecular complexity index is 1270. The van der Waals surface area contributed by atoms with E-state index >= 15 is 0 Å². The number of benzene rings is 3. The summed E-state index contributed by atoms with van der Waals surface area (Å²) < 4.78 is 1.81. The van der Waals surface area contributed by atoms with E-state index < -0.39 is 5.91 Å². The Labute approximate surface area is 200 Å². The quantitative estimate of drug-likeness (QED) is 0.447. The Morgan fingerprint density at radius 3 is 2.59 bits per heavy atom. The first-order valence-electron chi connectivity index (χ1n) is 11.9. The summed E-state index contributed by atoms with van der Waals surface area (Å²) in [6.45, 7) is 3.08. The average molecular weight is 454 g/mol. The number of nitrogens with two attached hydrogens (primary N) is 1. The number of carbonyl (C=O) groups excluding carboxylic acids is 1. The van der Waals surface area contributed by atoms with Crippen LogP contribution in [0.3, 0.4) is 0 Å². The topological polar surface area (TPSA) is 76.2 Å². The third-order valence-electron chi connectivity index (χ3n) is 6.85. The van der Waals surface area contributed by atoms with Gasteiger partial charge in [-0.1, -0.05) is 54.6 Å². The molecular formula is C28H31N5O. The summed E-state index contributed by atoms with van der Waals surface area (Å²) in [6, 6.07) is 25.2. The van der Waals surface area contributed by atoms with Crippen LogP contribution in [0.5, 0.6) is 0 Å². The van der Waals surface area contributed by atoms with E-state index in [2.05, 4.69) is 77.0 Å². The van der Waals surface area contributed by atoms with Gasteiger partial charge in [0.05, 0.1) is 11.3 Å². The predicted octanol–water partition coefficient (Wildman–Crippen LogP) is 3.78. The second-order valence-corrected chi connectivity index (χ2v) is 9.34. The number of hydrogen-bond donors (Lipinski definition) is 2. The van der Waals surface area contributed by atoms with E-state index in [1.807, 2.05) is 18.3 Å². The minimum Gasteiger partial charge on any atom is -0.366 e. The molecule has 174 valence electrons. The van der Waals surface area contributed by atoms with E-state index in [1.165, 1.54) is 11.1 Å². The molecule has 0 radical (unpaired) electrons. The van der Waals surface area contributed by atoms with Gasteiger partial charge in [-0.2, -0.15) is 5.10 Å². The maximum atomic E-state index is 11.7. The van der Waals surface area contributed by atoms with Gasteiger partial charge in [0, 0.05) is 30.7 Å². The summed E-state index contributed by atoms with van der Waals surface area (Å²) in [4.78, 5) is 14.2. The molecule has 5 rings (SSSR count). The van der Waals surface area contributed by atoms with E-state index in [1.54, 1.807) is 10.7 Å². The fourth-order valence-electron chi connectivity index (χ4n) is 5.00. The molecule has 34 heavy (non-hydrogen) atoms. The van der Waals surface area contributed by atoms with Crippen molar-refractivity contribution in [1.82, 2.24) is 20.0 Å². The van der Waals surface area contributed by atoms with Crippen LogP contribution >= 0.6 is 0 Å². The molecule has 4 aromatic rings. The number of fused-ring (bicyclic) bond motifs is 1. The second kappa shape index (κ2) is 9.79. The molecule has 1 aliphatic heterocycles. The lowest BCUT2D eigenvalue weighted by atomic mass is 9.86. The van der Waals surface area contributed by atoms with Crippen LogP contribution in [-0.2, 0) is 13.0 Å². The van der Waals surface area contributed by atoms with Crippen LogP contribution in [0.15, 0.2) is 79.0 Å². The number of likely N-dealkylation sites (tertiary alicyclic amines) is 1. The normalized spacial score (nSPS) is 18.9. The lowest BCUT2D eigenvalue weighted by Crippen LogP contribution is -2.48. The molecule has 0 aliphatic carbocycles. The molecule has 1 amide bonds. The lowest BCUT2D eigenvalue weighted by Gasteiger charge is -2.37. The molecule has 0 bridgehead atoms. The highest BCUT2D eigenvalue weighted by Crippen LogP contribution is 2.22. The van der Waals surface area contributed by atoms with E-state index in [4.69, 9.17) is 5.73 Å². The van der Waals surface area contributed by atoms with Gasteiger partial charge in [0.1, 0.15) is 5.52 Å². The molecule has 3 N–H and O–H groups in total. The van der Waals surface area contributed by atoms with E-state index in [9.17, 15) is 4.79 Å². The highest BCUT2D eigenvalue weighted by Gasteiger charge is 2.27.